The van der Waals surface area contributed by atoms with Gasteiger partial charge in [0.15, 0.2) is 0 Å². The van der Waals surface area contributed by atoms with E-state index in [1.165, 1.54) is 7.11 Å². The lowest BCUT2D eigenvalue weighted by Crippen LogP contribution is -2.18. The van der Waals surface area contributed by atoms with E-state index in [9.17, 15) is 8.42 Å². The van der Waals surface area contributed by atoms with Crippen molar-refractivity contribution in [2.24, 2.45) is 0 Å². The zero-order valence-electron chi connectivity index (χ0n) is 15.8. The van der Waals surface area contributed by atoms with Crippen molar-refractivity contribution >= 4 is 15.7 Å². The Balaban J connectivity index is 2.59. The quantitative estimate of drug-likeness (QED) is 0.870. The molecule has 5 nitrogen and oxygen atoms in total. The Morgan fingerprint density at radius 1 is 0.800 bits per heavy atom. The van der Waals surface area contributed by atoms with Gasteiger partial charge in [0.05, 0.1) is 24.8 Å². The van der Waals surface area contributed by atoms with Crippen LogP contribution in [-0.2, 0) is 10.0 Å². The largest absolute Gasteiger partial charge is 0.497 e. The van der Waals surface area contributed by atoms with Crippen LogP contribution in [0.15, 0.2) is 23.1 Å². The van der Waals surface area contributed by atoms with E-state index >= 15 is 0 Å². The van der Waals surface area contributed by atoms with Gasteiger partial charge in [0.1, 0.15) is 11.5 Å². The molecule has 0 bridgehead atoms. The van der Waals surface area contributed by atoms with Gasteiger partial charge in [-0.05, 0) is 74.6 Å². The molecule has 0 saturated carbocycles. The molecule has 25 heavy (non-hydrogen) atoms. The van der Waals surface area contributed by atoms with Crippen molar-refractivity contribution in [3.8, 4) is 11.5 Å². The van der Waals surface area contributed by atoms with E-state index < -0.39 is 10.0 Å². The van der Waals surface area contributed by atoms with E-state index in [-0.39, 0.29) is 0 Å². The van der Waals surface area contributed by atoms with Crippen LogP contribution in [0.3, 0.4) is 0 Å². The molecular weight excluding hydrogens is 338 g/mol. The molecule has 0 amide bonds. The van der Waals surface area contributed by atoms with Gasteiger partial charge in [-0.15, -0.1) is 0 Å². The Labute approximate surface area is 150 Å². The highest BCUT2D eigenvalue weighted by atomic mass is 32.2. The second kappa shape index (κ2) is 6.96. The average Bonchev–Trinajstić information content (AvgIpc) is 2.58. The minimum Gasteiger partial charge on any atom is -0.497 e. The van der Waals surface area contributed by atoms with Crippen LogP contribution >= 0.6 is 0 Å². The number of anilines is 1. The Morgan fingerprint density at radius 3 is 1.80 bits per heavy atom. The second-order valence-electron chi connectivity index (χ2n) is 6.13. The summed E-state index contributed by atoms with van der Waals surface area (Å²) in [7, 11) is -0.725. The van der Waals surface area contributed by atoms with Crippen molar-refractivity contribution in [3.63, 3.8) is 0 Å². The van der Waals surface area contributed by atoms with E-state index in [0.29, 0.717) is 22.1 Å². The minimum absolute atomic E-state index is 0.325. The molecule has 1 N–H and O–H groups in total. The Kier molecular flexibility index (Phi) is 5.32. The number of hydrogen-bond donors (Lipinski definition) is 1. The molecule has 0 aromatic heterocycles. The van der Waals surface area contributed by atoms with Gasteiger partial charge >= 0.3 is 0 Å². The van der Waals surface area contributed by atoms with E-state index in [4.69, 9.17) is 9.47 Å². The molecule has 0 saturated heterocycles. The van der Waals surface area contributed by atoms with Crippen LogP contribution in [0.4, 0.5) is 5.69 Å². The summed E-state index contributed by atoms with van der Waals surface area (Å²) in [5, 5.41) is 0. The van der Waals surface area contributed by atoms with Crippen molar-refractivity contribution in [1.82, 2.24) is 0 Å². The molecule has 2 aromatic rings. The van der Waals surface area contributed by atoms with Gasteiger partial charge in [0.2, 0.25) is 0 Å². The number of benzene rings is 2. The molecule has 0 atom stereocenters. The fourth-order valence-electron chi connectivity index (χ4n) is 2.95. The maximum absolute atomic E-state index is 13.1. The summed E-state index contributed by atoms with van der Waals surface area (Å²) in [6, 6.07) is 4.96. The van der Waals surface area contributed by atoms with Crippen LogP contribution in [0.2, 0.25) is 0 Å². The summed E-state index contributed by atoms with van der Waals surface area (Å²) in [6.07, 6.45) is 0. The van der Waals surface area contributed by atoms with Crippen molar-refractivity contribution in [1.29, 1.82) is 0 Å². The topological polar surface area (TPSA) is 64.6 Å². The summed E-state index contributed by atoms with van der Waals surface area (Å²) in [4.78, 5) is 0.325. The molecule has 0 unspecified atom stereocenters. The van der Waals surface area contributed by atoms with E-state index in [1.807, 2.05) is 34.6 Å². The van der Waals surface area contributed by atoms with Gasteiger partial charge in [-0.2, -0.15) is 0 Å². The first-order chi connectivity index (χ1) is 11.6. The van der Waals surface area contributed by atoms with Crippen molar-refractivity contribution in [2.75, 3.05) is 18.9 Å². The SMILES string of the molecule is COc1ccc(NS(=O)(=O)c2c(C)c(C)c(C)c(C)c2C)c(OC)c1. The van der Waals surface area contributed by atoms with Crippen LogP contribution in [0.25, 0.3) is 0 Å². The minimum atomic E-state index is -3.76. The number of rotatable bonds is 5. The van der Waals surface area contributed by atoms with Crippen molar-refractivity contribution < 1.29 is 17.9 Å². The molecule has 6 heteroatoms. The molecule has 0 aliphatic carbocycles. The smallest absolute Gasteiger partial charge is 0.262 e. The molecule has 0 heterocycles. The van der Waals surface area contributed by atoms with Gasteiger partial charge < -0.3 is 9.47 Å². The summed E-state index contributed by atoms with van der Waals surface area (Å²) < 4.78 is 39.3. The molecule has 0 radical (unpaired) electrons. The van der Waals surface area contributed by atoms with Crippen molar-refractivity contribution in [2.45, 2.75) is 39.5 Å². The van der Waals surface area contributed by atoms with E-state index in [0.717, 1.165) is 27.8 Å². The highest BCUT2D eigenvalue weighted by Gasteiger charge is 2.24. The predicted octanol–water partition coefficient (Wildman–Crippen LogP) is 4.05. The summed E-state index contributed by atoms with van der Waals surface area (Å²) in [5.41, 5.74) is 5.01. The fraction of sp³-hybridized carbons (Fsp3) is 0.368. The summed E-state index contributed by atoms with van der Waals surface area (Å²) >= 11 is 0. The van der Waals surface area contributed by atoms with Gasteiger partial charge in [0.25, 0.3) is 10.0 Å². The summed E-state index contributed by atoms with van der Waals surface area (Å²) in [6.45, 7) is 9.60. The summed E-state index contributed by atoms with van der Waals surface area (Å²) in [5.74, 6) is 0.993. The Bertz CT molecular complexity index is 889. The Hall–Kier alpha value is -2.21. The fourth-order valence-corrected chi connectivity index (χ4v) is 4.62. The van der Waals surface area contributed by atoms with E-state index in [2.05, 4.69) is 4.72 Å². The van der Waals surface area contributed by atoms with Gasteiger partial charge in [-0.1, -0.05) is 0 Å². The average molecular weight is 363 g/mol. The molecule has 0 fully saturated rings. The molecule has 0 aliphatic heterocycles. The van der Waals surface area contributed by atoms with Crippen molar-refractivity contribution in [3.05, 3.63) is 46.0 Å². The zero-order valence-corrected chi connectivity index (χ0v) is 16.6. The normalized spacial score (nSPS) is 11.3. The van der Waals surface area contributed by atoms with Gasteiger partial charge in [-0.3, -0.25) is 4.72 Å². The number of methoxy groups -OCH3 is 2. The van der Waals surface area contributed by atoms with Crippen LogP contribution in [0.1, 0.15) is 27.8 Å². The lowest BCUT2D eigenvalue weighted by Gasteiger charge is -2.20. The third-order valence-corrected chi connectivity index (χ3v) is 6.49. The molecule has 2 aromatic carbocycles. The first-order valence-electron chi connectivity index (χ1n) is 7.95. The number of hydrogen-bond acceptors (Lipinski definition) is 4. The van der Waals surface area contributed by atoms with E-state index in [1.54, 1.807) is 25.3 Å². The highest BCUT2D eigenvalue weighted by Crippen LogP contribution is 2.34. The lowest BCUT2D eigenvalue weighted by molar-refractivity contribution is 0.395. The molecule has 0 aliphatic rings. The standard InChI is InChI=1S/C19H25NO4S/c1-11-12(2)14(4)19(15(5)13(11)3)25(21,22)20-17-9-8-16(23-6)10-18(17)24-7/h8-10,20H,1-7H3. The van der Waals surface area contributed by atoms with Crippen LogP contribution in [-0.4, -0.2) is 22.6 Å². The zero-order chi connectivity index (χ0) is 18.9. The van der Waals surface area contributed by atoms with Gasteiger partial charge in [0, 0.05) is 6.07 Å². The Morgan fingerprint density at radius 2 is 1.32 bits per heavy atom. The predicted molar refractivity (Wildman–Crippen MR) is 100 cm³/mol. The molecule has 0 spiro atoms. The highest BCUT2D eigenvalue weighted by molar-refractivity contribution is 7.92. The van der Waals surface area contributed by atoms with Crippen LogP contribution in [0, 0.1) is 34.6 Å². The third-order valence-electron chi connectivity index (χ3n) is 4.85. The molecular formula is C19H25NO4S. The maximum Gasteiger partial charge on any atom is 0.262 e. The number of nitrogens with one attached hydrogen (secondary N) is 1. The third kappa shape index (κ3) is 3.44. The van der Waals surface area contributed by atoms with Crippen LogP contribution < -0.4 is 14.2 Å². The second-order valence-corrected chi connectivity index (χ2v) is 7.75. The van der Waals surface area contributed by atoms with Crippen LogP contribution in [0.5, 0.6) is 11.5 Å². The number of sulfonamides is 1. The number of ether oxygens (including phenoxy) is 2. The molecule has 136 valence electrons. The molecule has 2 rings (SSSR count). The van der Waals surface area contributed by atoms with Gasteiger partial charge in [-0.25, -0.2) is 8.42 Å². The first-order valence-corrected chi connectivity index (χ1v) is 9.44. The lowest BCUT2D eigenvalue weighted by atomic mass is 9.95. The first kappa shape index (κ1) is 19.1. The maximum atomic E-state index is 13.1. The monoisotopic (exact) mass is 363 g/mol.